The highest BCUT2D eigenvalue weighted by Crippen LogP contribution is 2.26. The second-order valence-corrected chi connectivity index (χ2v) is 3.86. The van der Waals surface area contributed by atoms with Crippen molar-refractivity contribution in [3.63, 3.8) is 0 Å². The Morgan fingerprint density at radius 2 is 2.25 bits per heavy atom. The summed E-state index contributed by atoms with van der Waals surface area (Å²) in [6, 6.07) is 2.64. The largest absolute Gasteiger partial charge is 0.481 e. The SMILES string of the molecule is COCc1c(F)cc(C(C)C(=O)O)cc1Cl. The number of carbonyl (C=O) groups is 1. The van der Waals surface area contributed by atoms with Crippen LogP contribution in [0.2, 0.25) is 5.02 Å². The quantitative estimate of drug-likeness (QED) is 0.889. The highest BCUT2D eigenvalue weighted by molar-refractivity contribution is 6.31. The molecular weight excluding hydrogens is 235 g/mol. The maximum Gasteiger partial charge on any atom is 0.310 e. The van der Waals surface area contributed by atoms with Gasteiger partial charge in [0.25, 0.3) is 0 Å². The molecule has 0 radical (unpaired) electrons. The maximum absolute atomic E-state index is 13.6. The van der Waals surface area contributed by atoms with Crippen LogP contribution in [0.5, 0.6) is 0 Å². The minimum atomic E-state index is -1.02. The molecule has 0 aliphatic carbocycles. The first-order chi connectivity index (χ1) is 7.47. The summed E-state index contributed by atoms with van der Waals surface area (Å²) in [5, 5.41) is 8.98. The molecule has 0 amide bonds. The van der Waals surface area contributed by atoms with Crippen molar-refractivity contribution in [1.82, 2.24) is 0 Å². The van der Waals surface area contributed by atoms with Gasteiger partial charge in [-0.2, -0.15) is 0 Å². The van der Waals surface area contributed by atoms with Gasteiger partial charge in [-0.15, -0.1) is 0 Å². The van der Waals surface area contributed by atoms with Crippen LogP contribution in [-0.4, -0.2) is 18.2 Å². The molecule has 16 heavy (non-hydrogen) atoms. The molecule has 0 aliphatic rings. The van der Waals surface area contributed by atoms with Gasteiger partial charge in [-0.3, -0.25) is 4.79 Å². The average Bonchev–Trinajstić information content (AvgIpc) is 2.21. The van der Waals surface area contributed by atoms with Gasteiger partial charge in [0.05, 0.1) is 12.5 Å². The summed E-state index contributed by atoms with van der Waals surface area (Å²) in [5.74, 6) is -2.35. The van der Waals surface area contributed by atoms with Crippen molar-refractivity contribution in [1.29, 1.82) is 0 Å². The highest BCUT2D eigenvalue weighted by atomic mass is 35.5. The molecule has 0 aromatic heterocycles. The third-order valence-electron chi connectivity index (χ3n) is 2.32. The molecule has 0 spiro atoms. The zero-order valence-corrected chi connectivity index (χ0v) is 9.71. The second kappa shape index (κ2) is 5.27. The summed E-state index contributed by atoms with van der Waals surface area (Å²) < 4.78 is 18.4. The van der Waals surface area contributed by atoms with Crippen LogP contribution in [0.25, 0.3) is 0 Å². The zero-order valence-electron chi connectivity index (χ0n) is 8.96. The number of carboxylic acid groups (broad SMARTS) is 1. The van der Waals surface area contributed by atoms with Gasteiger partial charge in [0, 0.05) is 17.7 Å². The molecule has 1 N–H and O–H groups in total. The molecule has 1 unspecified atom stereocenters. The number of hydrogen-bond acceptors (Lipinski definition) is 2. The van der Waals surface area contributed by atoms with E-state index in [1.807, 2.05) is 0 Å². The van der Waals surface area contributed by atoms with Crippen LogP contribution in [0.15, 0.2) is 12.1 Å². The summed E-state index contributed by atoms with van der Waals surface area (Å²) in [6.07, 6.45) is 0. The van der Waals surface area contributed by atoms with Crippen molar-refractivity contribution < 1.29 is 19.0 Å². The molecule has 1 atom stereocenters. The Labute approximate surface area is 97.8 Å². The highest BCUT2D eigenvalue weighted by Gasteiger charge is 2.17. The van der Waals surface area contributed by atoms with Crippen molar-refractivity contribution in [3.05, 3.63) is 34.1 Å². The summed E-state index contributed by atoms with van der Waals surface area (Å²) in [4.78, 5) is 10.7. The van der Waals surface area contributed by atoms with E-state index in [1.54, 1.807) is 0 Å². The number of halogens is 2. The third-order valence-corrected chi connectivity index (χ3v) is 2.66. The van der Waals surface area contributed by atoms with Gasteiger partial charge < -0.3 is 9.84 Å². The van der Waals surface area contributed by atoms with Crippen molar-refractivity contribution in [3.8, 4) is 0 Å². The predicted octanol–water partition coefficient (Wildman–Crippen LogP) is 2.81. The van der Waals surface area contributed by atoms with Crippen LogP contribution >= 0.6 is 11.6 Å². The van der Waals surface area contributed by atoms with Gasteiger partial charge in [0.1, 0.15) is 5.82 Å². The second-order valence-electron chi connectivity index (χ2n) is 3.46. The molecule has 0 heterocycles. The number of benzene rings is 1. The van der Waals surface area contributed by atoms with Crippen LogP contribution in [0.3, 0.4) is 0 Å². The lowest BCUT2D eigenvalue weighted by molar-refractivity contribution is -0.138. The first-order valence-electron chi connectivity index (χ1n) is 4.67. The number of hydrogen-bond donors (Lipinski definition) is 1. The number of carboxylic acids is 1. The first-order valence-corrected chi connectivity index (χ1v) is 5.04. The van der Waals surface area contributed by atoms with Gasteiger partial charge in [0.2, 0.25) is 0 Å². The van der Waals surface area contributed by atoms with E-state index >= 15 is 0 Å². The lowest BCUT2D eigenvalue weighted by Crippen LogP contribution is -2.08. The molecule has 0 bridgehead atoms. The first kappa shape index (κ1) is 12.9. The van der Waals surface area contributed by atoms with Gasteiger partial charge in [-0.1, -0.05) is 11.6 Å². The third kappa shape index (κ3) is 2.71. The van der Waals surface area contributed by atoms with Crippen LogP contribution in [-0.2, 0) is 16.1 Å². The van der Waals surface area contributed by atoms with E-state index in [9.17, 15) is 9.18 Å². The minimum absolute atomic E-state index is 0.0619. The molecule has 1 aromatic rings. The van der Waals surface area contributed by atoms with E-state index in [2.05, 4.69) is 0 Å². The molecule has 1 aromatic carbocycles. The van der Waals surface area contributed by atoms with Crippen LogP contribution in [0.4, 0.5) is 4.39 Å². The Morgan fingerprint density at radius 1 is 1.62 bits per heavy atom. The summed E-state index contributed by atoms with van der Waals surface area (Å²) in [6.45, 7) is 1.54. The summed E-state index contributed by atoms with van der Waals surface area (Å²) in [5.41, 5.74) is 0.584. The van der Waals surface area contributed by atoms with Crippen molar-refractivity contribution in [2.45, 2.75) is 19.4 Å². The molecule has 88 valence electrons. The number of ether oxygens (including phenoxy) is 1. The standard InChI is InChI=1S/C11H12ClFO3/c1-6(11(14)15)7-3-9(12)8(5-16-2)10(13)4-7/h3-4,6H,5H2,1-2H3,(H,14,15). The number of aliphatic carboxylic acids is 1. The van der Waals surface area contributed by atoms with E-state index in [0.29, 0.717) is 5.56 Å². The Balaban J connectivity index is 3.14. The fourth-order valence-corrected chi connectivity index (χ4v) is 1.57. The molecule has 0 fully saturated rings. The molecule has 0 saturated carbocycles. The predicted molar refractivity (Wildman–Crippen MR) is 58.2 cm³/mol. The van der Waals surface area contributed by atoms with E-state index in [-0.39, 0.29) is 17.2 Å². The monoisotopic (exact) mass is 246 g/mol. The fraction of sp³-hybridized carbons (Fsp3) is 0.364. The van der Waals surface area contributed by atoms with Gasteiger partial charge in [0.15, 0.2) is 0 Å². The Kier molecular flexibility index (Phi) is 4.26. The lowest BCUT2D eigenvalue weighted by Gasteiger charge is -2.11. The maximum atomic E-state index is 13.6. The van der Waals surface area contributed by atoms with E-state index in [4.69, 9.17) is 21.4 Å². The topological polar surface area (TPSA) is 46.5 Å². The number of rotatable bonds is 4. The van der Waals surface area contributed by atoms with E-state index in [0.717, 1.165) is 0 Å². The van der Waals surface area contributed by atoms with Crippen molar-refractivity contribution >= 4 is 17.6 Å². The summed E-state index contributed by atoms with van der Waals surface area (Å²) >= 11 is 5.85. The smallest absolute Gasteiger partial charge is 0.310 e. The molecular formula is C11H12ClFO3. The molecule has 1 rings (SSSR count). The average molecular weight is 247 g/mol. The minimum Gasteiger partial charge on any atom is -0.481 e. The van der Waals surface area contributed by atoms with Crippen molar-refractivity contribution in [2.75, 3.05) is 7.11 Å². The lowest BCUT2D eigenvalue weighted by atomic mass is 10.00. The van der Waals surface area contributed by atoms with Gasteiger partial charge in [-0.25, -0.2) is 4.39 Å². The Bertz CT molecular complexity index is 383. The zero-order chi connectivity index (χ0) is 12.3. The Hall–Kier alpha value is -1.13. The normalized spacial score (nSPS) is 12.5. The molecule has 0 saturated heterocycles. The van der Waals surface area contributed by atoms with Crippen LogP contribution in [0.1, 0.15) is 24.0 Å². The van der Waals surface area contributed by atoms with E-state index < -0.39 is 17.7 Å². The molecule has 3 nitrogen and oxygen atoms in total. The van der Waals surface area contributed by atoms with Crippen molar-refractivity contribution in [2.24, 2.45) is 0 Å². The molecule has 0 aliphatic heterocycles. The van der Waals surface area contributed by atoms with E-state index in [1.165, 1.54) is 26.2 Å². The fourth-order valence-electron chi connectivity index (χ4n) is 1.30. The van der Waals surface area contributed by atoms with Crippen LogP contribution in [0, 0.1) is 5.82 Å². The van der Waals surface area contributed by atoms with Gasteiger partial charge in [-0.05, 0) is 24.6 Å². The van der Waals surface area contributed by atoms with Gasteiger partial charge >= 0.3 is 5.97 Å². The molecule has 5 heteroatoms. The number of methoxy groups -OCH3 is 1. The summed E-state index contributed by atoms with van der Waals surface area (Å²) in [7, 11) is 1.43. The van der Waals surface area contributed by atoms with Crippen LogP contribution < -0.4 is 0 Å². The Morgan fingerprint density at radius 3 is 2.69 bits per heavy atom.